The molecule has 0 atom stereocenters. The van der Waals surface area contributed by atoms with Gasteiger partial charge >= 0.3 is 6.18 Å². The maximum atomic E-state index is 12.8. The smallest absolute Gasteiger partial charge is 0.298 e. The topological polar surface area (TPSA) is 34.9 Å². The van der Waals surface area contributed by atoms with Gasteiger partial charge in [-0.1, -0.05) is 17.7 Å². The van der Waals surface area contributed by atoms with Crippen LogP contribution in [0.25, 0.3) is 5.69 Å². The first kappa shape index (κ1) is 14.1. The molecule has 3 rings (SSSR count). The molecule has 110 valence electrons. The summed E-state index contributed by atoms with van der Waals surface area (Å²) in [5.74, 6) is 0.176. The Kier molecular flexibility index (Phi) is 3.28. The summed E-state index contributed by atoms with van der Waals surface area (Å²) in [7, 11) is 0. The normalized spacial score (nSPS) is 15.2. The first-order valence-corrected chi connectivity index (χ1v) is 6.71. The lowest BCUT2D eigenvalue weighted by Crippen LogP contribution is -2.06. The van der Waals surface area contributed by atoms with E-state index >= 15 is 0 Å². The summed E-state index contributed by atoms with van der Waals surface area (Å²) in [6, 6.07) is 4.69. The zero-order valence-corrected chi connectivity index (χ0v) is 11.4. The average Bonchev–Trinajstić information content (AvgIpc) is 3.22. The summed E-state index contributed by atoms with van der Waals surface area (Å²) in [6.45, 7) is 0. The predicted octanol–water partition coefficient (Wildman–Crippen LogP) is 4.23. The number of carbonyl (C=O) groups is 1. The third-order valence-electron chi connectivity index (χ3n) is 3.39. The molecule has 0 aliphatic heterocycles. The lowest BCUT2D eigenvalue weighted by Gasteiger charge is -2.09. The van der Waals surface area contributed by atoms with Gasteiger partial charge in [0.25, 0.3) is 0 Å². The molecule has 0 saturated heterocycles. The van der Waals surface area contributed by atoms with Crippen LogP contribution in [0.2, 0.25) is 5.15 Å². The fourth-order valence-electron chi connectivity index (χ4n) is 2.18. The molecule has 1 aliphatic rings. The summed E-state index contributed by atoms with van der Waals surface area (Å²) in [6.07, 6.45) is -2.01. The number of carbonyl (C=O) groups excluding carboxylic acids is 1. The van der Waals surface area contributed by atoms with E-state index in [2.05, 4.69) is 5.10 Å². The first-order chi connectivity index (χ1) is 9.91. The Morgan fingerprint density at radius 2 is 2.05 bits per heavy atom. The molecule has 0 N–H and O–H groups in total. The van der Waals surface area contributed by atoms with Gasteiger partial charge in [0.15, 0.2) is 6.29 Å². The van der Waals surface area contributed by atoms with Gasteiger partial charge in [-0.2, -0.15) is 18.3 Å². The van der Waals surface area contributed by atoms with Gasteiger partial charge in [-0.25, -0.2) is 4.68 Å². The second-order valence-electron chi connectivity index (χ2n) is 4.94. The van der Waals surface area contributed by atoms with E-state index in [1.165, 1.54) is 16.8 Å². The molecule has 1 saturated carbocycles. The molecule has 0 radical (unpaired) electrons. The Morgan fingerprint density at radius 1 is 1.33 bits per heavy atom. The van der Waals surface area contributed by atoms with Crippen LogP contribution in [0.4, 0.5) is 13.2 Å². The second kappa shape index (κ2) is 4.87. The largest absolute Gasteiger partial charge is 0.416 e. The van der Waals surface area contributed by atoms with Crippen LogP contribution in [0, 0.1) is 0 Å². The highest BCUT2D eigenvalue weighted by Crippen LogP contribution is 2.42. The highest BCUT2D eigenvalue weighted by Gasteiger charge is 2.33. The van der Waals surface area contributed by atoms with E-state index in [0.717, 1.165) is 25.0 Å². The van der Waals surface area contributed by atoms with Crippen molar-refractivity contribution in [3.05, 3.63) is 46.2 Å². The van der Waals surface area contributed by atoms with Crippen molar-refractivity contribution < 1.29 is 18.0 Å². The van der Waals surface area contributed by atoms with Gasteiger partial charge in [-0.15, -0.1) is 0 Å². The van der Waals surface area contributed by atoms with E-state index < -0.39 is 11.7 Å². The molecule has 0 unspecified atom stereocenters. The van der Waals surface area contributed by atoms with E-state index in [4.69, 9.17) is 11.6 Å². The summed E-state index contributed by atoms with van der Waals surface area (Å²) >= 11 is 6.09. The van der Waals surface area contributed by atoms with Crippen molar-refractivity contribution >= 4 is 17.9 Å². The maximum absolute atomic E-state index is 12.8. The Hall–Kier alpha value is -1.82. The Labute approximate surface area is 123 Å². The zero-order valence-electron chi connectivity index (χ0n) is 10.7. The lowest BCUT2D eigenvalue weighted by molar-refractivity contribution is -0.137. The number of rotatable bonds is 3. The number of halogens is 4. The summed E-state index contributed by atoms with van der Waals surface area (Å²) in [5, 5.41) is 4.27. The van der Waals surface area contributed by atoms with Gasteiger partial charge in [-0.3, -0.25) is 4.79 Å². The molecule has 0 spiro atoms. The number of hydrogen-bond acceptors (Lipinski definition) is 2. The Balaban J connectivity index is 2.10. The van der Waals surface area contributed by atoms with Crippen molar-refractivity contribution in [2.24, 2.45) is 0 Å². The third kappa shape index (κ3) is 2.55. The molecule has 1 aromatic carbocycles. The van der Waals surface area contributed by atoms with Crippen molar-refractivity contribution in [1.82, 2.24) is 9.78 Å². The number of aromatic nitrogens is 2. The highest BCUT2D eigenvalue weighted by molar-refractivity contribution is 6.32. The monoisotopic (exact) mass is 314 g/mol. The van der Waals surface area contributed by atoms with Crippen molar-refractivity contribution in [3.63, 3.8) is 0 Å². The van der Waals surface area contributed by atoms with Crippen LogP contribution < -0.4 is 0 Å². The highest BCUT2D eigenvalue weighted by atomic mass is 35.5. The molecule has 21 heavy (non-hydrogen) atoms. The maximum Gasteiger partial charge on any atom is 0.416 e. The molecule has 1 aromatic heterocycles. The van der Waals surface area contributed by atoms with Gasteiger partial charge in [0.2, 0.25) is 0 Å². The van der Waals surface area contributed by atoms with Crippen LogP contribution in [0.15, 0.2) is 24.3 Å². The molecule has 7 heteroatoms. The molecule has 0 amide bonds. The Morgan fingerprint density at radius 3 is 2.62 bits per heavy atom. The number of alkyl halides is 3. The van der Waals surface area contributed by atoms with E-state index in [-0.39, 0.29) is 22.3 Å². The molecule has 1 aliphatic carbocycles. The summed E-state index contributed by atoms with van der Waals surface area (Å²) in [5.41, 5.74) is 0.223. The van der Waals surface area contributed by atoms with E-state index in [0.29, 0.717) is 12.0 Å². The summed E-state index contributed by atoms with van der Waals surface area (Å²) in [4.78, 5) is 11.1. The minimum Gasteiger partial charge on any atom is -0.298 e. The van der Waals surface area contributed by atoms with Crippen LogP contribution in [-0.4, -0.2) is 16.1 Å². The minimum atomic E-state index is -4.44. The minimum absolute atomic E-state index is 0.0474. The number of aldehydes is 1. The van der Waals surface area contributed by atoms with Crippen molar-refractivity contribution in [2.45, 2.75) is 24.9 Å². The molecule has 1 heterocycles. The zero-order chi connectivity index (χ0) is 15.2. The third-order valence-corrected chi connectivity index (χ3v) is 3.76. The molecular formula is C14H10ClF3N2O. The number of benzene rings is 1. The fraction of sp³-hybridized carbons (Fsp3) is 0.286. The van der Waals surface area contributed by atoms with Crippen molar-refractivity contribution in [2.75, 3.05) is 0 Å². The van der Waals surface area contributed by atoms with Gasteiger partial charge in [-0.05, 0) is 31.0 Å². The standard InChI is InChI=1S/C14H10ClF3N2O/c15-13-11(7-21)12(8-4-5-8)19-20(13)10-3-1-2-9(6-10)14(16,17)18/h1-3,6-8H,4-5H2. The van der Waals surface area contributed by atoms with Gasteiger partial charge in [0.1, 0.15) is 5.15 Å². The van der Waals surface area contributed by atoms with Crippen molar-refractivity contribution in [1.29, 1.82) is 0 Å². The van der Waals surface area contributed by atoms with Crippen LogP contribution in [0.1, 0.15) is 40.4 Å². The van der Waals surface area contributed by atoms with Crippen LogP contribution in [-0.2, 0) is 6.18 Å². The fourth-order valence-corrected chi connectivity index (χ4v) is 2.45. The average molecular weight is 315 g/mol. The van der Waals surface area contributed by atoms with E-state index in [1.807, 2.05) is 0 Å². The predicted molar refractivity (Wildman–Crippen MR) is 70.9 cm³/mol. The second-order valence-corrected chi connectivity index (χ2v) is 5.30. The quantitative estimate of drug-likeness (QED) is 0.794. The van der Waals surface area contributed by atoms with E-state index in [9.17, 15) is 18.0 Å². The molecule has 3 nitrogen and oxygen atoms in total. The molecular weight excluding hydrogens is 305 g/mol. The lowest BCUT2D eigenvalue weighted by atomic mass is 10.2. The van der Waals surface area contributed by atoms with Gasteiger partial charge in [0.05, 0.1) is 22.5 Å². The molecule has 0 bridgehead atoms. The van der Waals surface area contributed by atoms with Gasteiger partial charge < -0.3 is 0 Å². The van der Waals surface area contributed by atoms with Gasteiger partial charge in [0, 0.05) is 5.92 Å². The number of hydrogen-bond donors (Lipinski definition) is 0. The first-order valence-electron chi connectivity index (χ1n) is 6.33. The van der Waals surface area contributed by atoms with Crippen molar-refractivity contribution in [3.8, 4) is 5.69 Å². The van der Waals surface area contributed by atoms with Crippen LogP contribution >= 0.6 is 11.6 Å². The summed E-state index contributed by atoms with van der Waals surface area (Å²) < 4.78 is 39.5. The molecule has 1 fully saturated rings. The van der Waals surface area contributed by atoms with Crippen LogP contribution in [0.3, 0.4) is 0 Å². The SMILES string of the molecule is O=Cc1c(C2CC2)nn(-c2cccc(C(F)(F)F)c2)c1Cl. The number of nitrogens with zero attached hydrogens (tertiary/aromatic N) is 2. The van der Waals surface area contributed by atoms with Crippen LogP contribution in [0.5, 0.6) is 0 Å². The molecule has 2 aromatic rings. The Bertz CT molecular complexity index is 705. The van der Waals surface area contributed by atoms with E-state index in [1.54, 1.807) is 0 Å².